The van der Waals surface area contributed by atoms with E-state index >= 15 is 0 Å². The van der Waals surface area contributed by atoms with E-state index in [0.29, 0.717) is 5.16 Å². The Morgan fingerprint density at radius 2 is 1.85 bits per heavy atom. The van der Waals surface area contributed by atoms with Crippen molar-refractivity contribution in [3.63, 3.8) is 0 Å². The van der Waals surface area contributed by atoms with Crippen LogP contribution >= 0.6 is 0 Å². The minimum Gasteiger partial charge on any atom is -0.497 e. The van der Waals surface area contributed by atoms with Crippen LogP contribution < -0.4 is 9.47 Å². The Morgan fingerprint density at radius 1 is 1.15 bits per heavy atom. The molecule has 1 aromatic carbocycles. The molecule has 2 heterocycles. The largest absolute Gasteiger partial charge is 2.00 e. The molecule has 0 saturated heterocycles. The number of imidazole rings is 1. The van der Waals surface area contributed by atoms with Crippen molar-refractivity contribution in [3.8, 4) is 11.5 Å². The van der Waals surface area contributed by atoms with Crippen LogP contribution in [0, 0.1) is 13.8 Å². The summed E-state index contributed by atoms with van der Waals surface area (Å²) in [6.45, 7) is 3.86. The van der Waals surface area contributed by atoms with Gasteiger partial charge in [0.2, 0.25) is 0 Å². The molecule has 0 amide bonds. The van der Waals surface area contributed by atoms with E-state index in [-0.39, 0.29) is 39.8 Å². The Balaban J connectivity index is 0.00000225. The number of nitrogens with one attached hydrogen (secondary N) is 1. The smallest absolute Gasteiger partial charge is 0.497 e. The van der Waals surface area contributed by atoms with Gasteiger partial charge < -0.3 is 25.4 Å². The van der Waals surface area contributed by atoms with Crippen LogP contribution in [0.2, 0.25) is 0 Å². The number of nitrogens with zero attached hydrogens (tertiary/aromatic N) is 2. The minimum atomic E-state index is -1.33. The average molecular weight is 406 g/mol. The van der Waals surface area contributed by atoms with Gasteiger partial charge in [0.1, 0.15) is 11.5 Å². The molecule has 2 aromatic heterocycles. The molecular weight excluding hydrogens is 383 g/mol. The second-order valence-corrected chi connectivity index (χ2v) is 6.83. The number of rotatable bonds is 5. The maximum absolute atomic E-state index is 12.7. The normalized spacial score (nSPS) is 11.0. The van der Waals surface area contributed by atoms with Crippen LogP contribution in [-0.2, 0) is 16.6 Å². The quantitative estimate of drug-likeness (QED) is 0.627. The van der Waals surface area contributed by atoms with Crippen LogP contribution in [0.25, 0.3) is 11.0 Å². The first-order chi connectivity index (χ1) is 11.5. The molecule has 1 atom stereocenters. The van der Waals surface area contributed by atoms with Crippen molar-refractivity contribution in [2.45, 2.75) is 24.8 Å². The Morgan fingerprint density at radius 3 is 2.48 bits per heavy atom. The summed E-state index contributed by atoms with van der Waals surface area (Å²) in [6, 6.07) is 5.50. The van der Waals surface area contributed by atoms with E-state index in [4.69, 9.17) is 9.47 Å². The first-order valence-corrected chi connectivity index (χ1v) is 8.76. The number of hydrogen-bond donors (Lipinski definition) is 1. The third-order valence-electron chi connectivity index (χ3n) is 3.90. The first kappa shape index (κ1) is 25.3. The van der Waals surface area contributed by atoms with Crippen LogP contribution in [0.15, 0.2) is 29.6 Å². The molecule has 0 fully saturated rings. The van der Waals surface area contributed by atoms with Crippen LogP contribution in [0.4, 0.5) is 0 Å². The first-order valence-electron chi connectivity index (χ1n) is 7.44. The Kier molecular flexibility index (Phi) is 9.89. The standard InChI is InChI=1S/C17H19N3O3S.Mg.2H2O/c1-10-8-18-15(11(2)16(10)23-4)9-24(21)17-19-13-6-5-12(22-3)7-14(13)20-17;;;/h5-8H,9H2,1-4H3,(H,19,20);;2*1H2/q;+2;;. The zero-order valence-electron chi connectivity index (χ0n) is 15.8. The summed E-state index contributed by atoms with van der Waals surface area (Å²) in [5.41, 5.74) is 4.16. The molecule has 0 saturated carbocycles. The monoisotopic (exact) mass is 405 g/mol. The fourth-order valence-electron chi connectivity index (χ4n) is 2.61. The number of aromatic amines is 1. The maximum atomic E-state index is 12.7. The van der Waals surface area contributed by atoms with Crippen molar-refractivity contribution in [1.29, 1.82) is 0 Å². The van der Waals surface area contributed by atoms with Gasteiger partial charge in [-0.1, -0.05) is 0 Å². The van der Waals surface area contributed by atoms with Crippen molar-refractivity contribution in [3.05, 3.63) is 41.2 Å². The number of ether oxygens (including phenoxy) is 2. The summed E-state index contributed by atoms with van der Waals surface area (Å²) in [4.78, 5) is 11.9. The Hall–Kier alpha value is -1.72. The molecule has 8 nitrogen and oxygen atoms in total. The molecule has 0 aliphatic heterocycles. The van der Waals surface area contributed by atoms with Crippen molar-refractivity contribution < 1.29 is 24.6 Å². The number of aromatic nitrogens is 3. The van der Waals surface area contributed by atoms with Gasteiger partial charge in [0.15, 0.2) is 5.16 Å². The summed E-state index contributed by atoms with van der Waals surface area (Å²) in [7, 11) is 1.91. The molecule has 3 rings (SSSR count). The van der Waals surface area contributed by atoms with Crippen LogP contribution in [0.5, 0.6) is 11.5 Å². The molecule has 10 heteroatoms. The fourth-order valence-corrected chi connectivity index (χ4v) is 3.71. The van der Waals surface area contributed by atoms with E-state index < -0.39 is 10.8 Å². The number of pyridine rings is 1. The zero-order chi connectivity index (χ0) is 17.3. The van der Waals surface area contributed by atoms with E-state index in [0.717, 1.165) is 39.4 Å². The molecule has 0 aliphatic carbocycles. The minimum absolute atomic E-state index is 0. The van der Waals surface area contributed by atoms with Gasteiger partial charge >= 0.3 is 23.1 Å². The second kappa shape index (κ2) is 10.6. The molecule has 3 aromatic rings. The summed E-state index contributed by atoms with van der Waals surface area (Å²) >= 11 is 0. The average Bonchev–Trinajstić information content (AvgIpc) is 3.01. The molecule has 0 bridgehead atoms. The summed E-state index contributed by atoms with van der Waals surface area (Å²) in [6.07, 6.45) is 1.74. The van der Waals surface area contributed by atoms with Gasteiger partial charge in [0, 0.05) is 23.4 Å². The van der Waals surface area contributed by atoms with Gasteiger partial charge in [-0.05, 0) is 26.0 Å². The molecule has 0 aliphatic rings. The van der Waals surface area contributed by atoms with Gasteiger partial charge in [0.25, 0.3) is 0 Å². The predicted molar refractivity (Wildman–Crippen MR) is 106 cm³/mol. The molecular formula is C17H23MgN3O5S+2. The third kappa shape index (κ3) is 5.17. The van der Waals surface area contributed by atoms with E-state index in [2.05, 4.69) is 15.0 Å². The summed E-state index contributed by atoms with van der Waals surface area (Å²) in [5, 5.41) is 0.430. The van der Waals surface area contributed by atoms with Crippen LogP contribution in [-0.4, -0.2) is 67.4 Å². The molecule has 0 spiro atoms. The van der Waals surface area contributed by atoms with E-state index in [9.17, 15) is 4.21 Å². The molecule has 27 heavy (non-hydrogen) atoms. The fraction of sp³-hybridized carbons (Fsp3) is 0.294. The van der Waals surface area contributed by atoms with Gasteiger partial charge in [0.05, 0.1) is 47.5 Å². The van der Waals surface area contributed by atoms with Gasteiger partial charge in [-0.3, -0.25) is 9.19 Å². The van der Waals surface area contributed by atoms with Gasteiger partial charge in [-0.15, -0.1) is 0 Å². The van der Waals surface area contributed by atoms with Crippen molar-refractivity contribution in [1.82, 2.24) is 15.0 Å². The molecule has 1 unspecified atom stereocenters. The van der Waals surface area contributed by atoms with Crippen molar-refractivity contribution in [2.24, 2.45) is 0 Å². The number of fused-ring (bicyclic) bond motifs is 1. The molecule has 0 radical (unpaired) electrons. The van der Waals surface area contributed by atoms with E-state index in [1.54, 1.807) is 20.4 Å². The number of hydrogen-bond acceptors (Lipinski definition) is 5. The Bertz CT molecular complexity index is 932. The van der Waals surface area contributed by atoms with E-state index in [1.165, 1.54) is 0 Å². The number of aryl methyl sites for hydroxylation is 1. The van der Waals surface area contributed by atoms with Crippen LogP contribution in [0.1, 0.15) is 16.8 Å². The van der Waals surface area contributed by atoms with Crippen molar-refractivity contribution in [2.75, 3.05) is 14.2 Å². The number of methoxy groups -OCH3 is 2. The van der Waals surface area contributed by atoms with E-state index in [1.807, 2.05) is 32.0 Å². The maximum Gasteiger partial charge on any atom is 2.00 e. The van der Waals surface area contributed by atoms with Crippen LogP contribution in [0.3, 0.4) is 0 Å². The third-order valence-corrected chi connectivity index (χ3v) is 5.06. The van der Waals surface area contributed by atoms with Gasteiger partial charge in [-0.2, -0.15) is 0 Å². The summed E-state index contributed by atoms with van der Waals surface area (Å²) < 4.78 is 23.3. The van der Waals surface area contributed by atoms with Crippen molar-refractivity contribution >= 4 is 44.9 Å². The molecule has 5 N–H and O–H groups in total. The van der Waals surface area contributed by atoms with Gasteiger partial charge in [-0.25, -0.2) is 4.98 Å². The Labute approximate surface area is 175 Å². The topological polar surface area (TPSA) is 140 Å². The number of benzene rings is 1. The summed E-state index contributed by atoms with van der Waals surface area (Å²) in [5.74, 6) is 1.79. The molecule has 142 valence electrons. The predicted octanol–water partition coefficient (Wildman–Crippen LogP) is 0.870. The SMILES string of the molecule is COc1ccc2nc(S(=O)Cc3ncc(C)c(OC)c3C)[nH]c2c1.O.O.[Mg+2]. The second-order valence-electron chi connectivity index (χ2n) is 5.46. The number of H-pyrrole nitrogens is 1. The zero-order valence-corrected chi connectivity index (χ0v) is 18.0.